The summed E-state index contributed by atoms with van der Waals surface area (Å²) in [5.41, 5.74) is 15.3. The molecule has 0 aromatic heterocycles. The molecule has 0 amide bonds. The van der Waals surface area contributed by atoms with Crippen LogP contribution in [0.1, 0.15) is 22.3 Å². The van der Waals surface area contributed by atoms with Gasteiger partial charge >= 0.3 is 0 Å². The van der Waals surface area contributed by atoms with E-state index in [4.69, 9.17) is 0 Å². The van der Waals surface area contributed by atoms with Gasteiger partial charge in [-0.2, -0.15) is 0 Å². The number of anilines is 3. The Bertz CT molecular complexity index is 2400. The van der Waals surface area contributed by atoms with Gasteiger partial charge in [0, 0.05) is 17.1 Å². The fourth-order valence-electron chi connectivity index (χ4n) is 7.90. The number of hydrogen-bond donors (Lipinski definition) is 0. The van der Waals surface area contributed by atoms with E-state index in [2.05, 4.69) is 217 Å². The van der Waals surface area contributed by atoms with E-state index in [9.17, 15) is 0 Å². The fraction of sp³-hybridized carbons (Fsp3) is 0.0204. The number of para-hydroxylation sites is 1. The lowest BCUT2D eigenvalue weighted by Gasteiger charge is -2.35. The SMILES string of the molecule is c1ccc(-c2ccc(N(c3ccccc3)c3ccc4c(c3)C(c3ccccc3)(c3cccc(-c5ccccc5)c3)c3ccccc3-4)cc2)cc1. The molecule has 9 rings (SSSR count). The van der Waals surface area contributed by atoms with Crippen LogP contribution in [0.25, 0.3) is 33.4 Å². The first kappa shape index (κ1) is 29.7. The Hall–Kier alpha value is -6.44. The Morgan fingerprint density at radius 1 is 0.280 bits per heavy atom. The molecule has 1 aliphatic carbocycles. The number of fused-ring (bicyclic) bond motifs is 3. The largest absolute Gasteiger partial charge is 0.310 e. The molecule has 8 aromatic carbocycles. The van der Waals surface area contributed by atoms with Gasteiger partial charge in [0.05, 0.1) is 5.41 Å². The van der Waals surface area contributed by atoms with Crippen LogP contribution < -0.4 is 4.90 Å². The molecule has 1 heteroatoms. The van der Waals surface area contributed by atoms with Crippen molar-refractivity contribution in [1.29, 1.82) is 0 Å². The Morgan fingerprint density at radius 3 is 1.46 bits per heavy atom. The average molecular weight is 638 g/mol. The van der Waals surface area contributed by atoms with Gasteiger partial charge in [0.25, 0.3) is 0 Å². The molecule has 0 saturated carbocycles. The molecule has 0 aliphatic heterocycles. The van der Waals surface area contributed by atoms with Gasteiger partial charge < -0.3 is 4.90 Å². The lowest BCUT2D eigenvalue weighted by atomic mass is 9.67. The highest BCUT2D eigenvalue weighted by Crippen LogP contribution is 2.57. The van der Waals surface area contributed by atoms with Gasteiger partial charge in [-0.1, -0.05) is 170 Å². The van der Waals surface area contributed by atoms with E-state index in [1.807, 2.05) is 0 Å². The van der Waals surface area contributed by atoms with E-state index in [0.29, 0.717) is 0 Å². The van der Waals surface area contributed by atoms with E-state index in [0.717, 1.165) is 17.1 Å². The molecule has 0 heterocycles. The lowest BCUT2D eigenvalue weighted by molar-refractivity contribution is 0.769. The van der Waals surface area contributed by atoms with Crippen molar-refractivity contribution in [2.75, 3.05) is 4.90 Å². The van der Waals surface area contributed by atoms with E-state index < -0.39 is 5.41 Å². The summed E-state index contributed by atoms with van der Waals surface area (Å²) in [6.07, 6.45) is 0. The maximum Gasteiger partial charge on any atom is 0.0714 e. The van der Waals surface area contributed by atoms with Gasteiger partial charge in [0.15, 0.2) is 0 Å². The third-order valence-corrected chi connectivity index (χ3v) is 10.1. The van der Waals surface area contributed by atoms with Crippen LogP contribution in [0.4, 0.5) is 17.1 Å². The van der Waals surface area contributed by atoms with Crippen molar-refractivity contribution in [2.45, 2.75) is 5.41 Å². The monoisotopic (exact) mass is 637 g/mol. The second kappa shape index (κ2) is 12.5. The molecular formula is C49H35N. The highest BCUT2D eigenvalue weighted by atomic mass is 15.1. The minimum absolute atomic E-state index is 0.520. The molecule has 236 valence electrons. The standard InChI is InChI=1S/C49H35N/c1-5-16-36(17-6-1)38-28-30-43(31-29-38)50(42-24-11-4-12-25-42)44-32-33-46-45-26-13-14-27-47(45)49(48(46)35-44,40-21-9-3-10-22-40)41-23-15-20-39(34-41)37-18-7-2-8-19-37/h1-35H. The Labute approximate surface area is 294 Å². The van der Waals surface area contributed by atoms with E-state index >= 15 is 0 Å². The maximum absolute atomic E-state index is 2.44. The highest BCUT2D eigenvalue weighted by molar-refractivity contribution is 5.90. The summed E-state index contributed by atoms with van der Waals surface area (Å²) in [6, 6.07) is 77.2. The summed E-state index contributed by atoms with van der Waals surface area (Å²) in [7, 11) is 0. The van der Waals surface area contributed by atoms with Crippen molar-refractivity contribution in [3.8, 4) is 33.4 Å². The summed E-state index contributed by atoms with van der Waals surface area (Å²) in [6.45, 7) is 0. The summed E-state index contributed by atoms with van der Waals surface area (Å²) < 4.78 is 0. The molecule has 1 nitrogen and oxygen atoms in total. The normalized spacial score (nSPS) is 14.5. The first-order valence-corrected chi connectivity index (χ1v) is 17.3. The molecular weight excluding hydrogens is 603 g/mol. The first-order chi connectivity index (χ1) is 24.8. The van der Waals surface area contributed by atoms with Gasteiger partial charge in [-0.25, -0.2) is 0 Å². The van der Waals surface area contributed by atoms with Crippen LogP contribution in [0.2, 0.25) is 0 Å². The number of hydrogen-bond acceptors (Lipinski definition) is 1. The molecule has 1 unspecified atom stereocenters. The third kappa shape index (κ3) is 4.95. The molecule has 0 spiro atoms. The minimum Gasteiger partial charge on any atom is -0.310 e. The molecule has 0 saturated heterocycles. The number of rotatable bonds is 7. The summed E-state index contributed by atoms with van der Waals surface area (Å²) in [5, 5.41) is 0. The second-order valence-corrected chi connectivity index (χ2v) is 12.9. The van der Waals surface area contributed by atoms with Gasteiger partial charge in [-0.3, -0.25) is 0 Å². The average Bonchev–Trinajstić information content (AvgIpc) is 3.50. The lowest BCUT2D eigenvalue weighted by Crippen LogP contribution is -2.28. The van der Waals surface area contributed by atoms with Crippen molar-refractivity contribution in [2.24, 2.45) is 0 Å². The van der Waals surface area contributed by atoms with Crippen LogP contribution in [0.5, 0.6) is 0 Å². The van der Waals surface area contributed by atoms with Crippen LogP contribution in [0.15, 0.2) is 212 Å². The molecule has 0 N–H and O–H groups in total. The van der Waals surface area contributed by atoms with Crippen LogP contribution in [0.3, 0.4) is 0 Å². The predicted octanol–water partition coefficient (Wildman–Crippen LogP) is 12.9. The zero-order valence-corrected chi connectivity index (χ0v) is 27.7. The topological polar surface area (TPSA) is 3.24 Å². The van der Waals surface area contributed by atoms with E-state index in [1.54, 1.807) is 0 Å². The molecule has 8 aromatic rings. The number of nitrogens with zero attached hydrogens (tertiary/aromatic N) is 1. The zero-order valence-electron chi connectivity index (χ0n) is 27.7. The molecule has 1 aliphatic rings. The Morgan fingerprint density at radius 2 is 0.760 bits per heavy atom. The van der Waals surface area contributed by atoms with Crippen LogP contribution in [-0.2, 0) is 5.41 Å². The molecule has 0 radical (unpaired) electrons. The molecule has 50 heavy (non-hydrogen) atoms. The second-order valence-electron chi connectivity index (χ2n) is 12.9. The van der Waals surface area contributed by atoms with Crippen LogP contribution in [0, 0.1) is 0 Å². The van der Waals surface area contributed by atoms with Crippen molar-refractivity contribution in [3.63, 3.8) is 0 Å². The van der Waals surface area contributed by atoms with Crippen molar-refractivity contribution in [3.05, 3.63) is 235 Å². The first-order valence-electron chi connectivity index (χ1n) is 17.3. The molecule has 0 fully saturated rings. The quantitative estimate of drug-likeness (QED) is 0.168. The summed E-state index contributed by atoms with van der Waals surface area (Å²) >= 11 is 0. The fourth-order valence-corrected chi connectivity index (χ4v) is 7.90. The molecule has 0 bridgehead atoms. The summed E-state index contributed by atoms with van der Waals surface area (Å²) in [5.74, 6) is 0. The van der Waals surface area contributed by atoms with E-state index in [-0.39, 0.29) is 0 Å². The Kier molecular flexibility index (Phi) is 7.44. The molecule has 1 atom stereocenters. The minimum atomic E-state index is -0.520. The zero-order chi connectivity index (χ0) is 33.3. The Balaban J connectivity index is 1.28. The highest BCUT2D eigenvalue weighted by Gasteiger charge is 2.46. The van der Waals surface area contributed by atoms with Crippen molar-refractivity contribution in [1.82, 2.24) is 0 Å². The van der Waals surface area contributed by atoms with Crippen LogP contribution in [-0.4, -0.2) is 0 Å². The smallest absolute Gasteiger partial charge is 0.0714 e. The van der Waals surface area contributed by atoms with E-state index in [1.165, 1.54) is 55.6 Å². The van der Waals surface area contributed by atoms with Crippen molar-refractivity contribution < 1.29 is 0 Å². The van der Waals surface area contributed by atoms with Gasteiger partial charge in [0.2, 0.25) is 0 Å². The number of benzene rings is 8. The third-order valence-electron chi connectivity index (χ3n) is 10.1. The maximum atomic E-state index is 2.44. The van der Waals surface area contributed by atoms with Gasteiger partial charge in [-0.05, 0) is 98.1 Å². The van der Waals surface area contributed by atoms with Crippen LogP contribution >= 0.6 is 0 Å². The van der Waals surface area contributed by atoms with Gasteiger partial charge in [0.1, 0.15) is 0 Å². The van der Waals surface area contributed by atoms with Crippen molar-refractivity contribution >= 4 is 17.1 Å². The van der Waals surface area contributed by atoms with Gasteiger partial charge in [-0.15, -0.1) is 0 Å². The predicted molar refractivity (Wildman–Crippen MR) is 209 cm³/mol. The summed E-state index contributed by atoms with van der Waals surface area (Å²) in [4.78, 5) is 2.38.